The summed E-state index contributed by atoms with van der Waals surface area (Å²) in [6.07, 6.45) is 0. The molecule has 0 fully saturated rings. The number of phenols is 1. The Balaban J connectivity index is 2.87. The van der Waals surface area contributed by atoms with Crippen molar-refractivity contribution in [2.75, 3.05) is 13.6 Å². The Morgan fingerprint density at radius 3 is 2.69 bits per heavy atom. The van der Waals surface area contributed by atoms with E-state index in [2.05, 4.69) is 0 Å². The van der Waals surface area contributed by atoms with E-state index in [0.717, 1.165) is 6.07 Å². The van der Waals surface area contributed by atoms with Crippen molar-refractivity contribution >= 4 is 5.97 Å². The maximum Gasteiger partial charge on any atom is 0.317 e. The molecule has 1 aromatic rings. The average molecular weight is 227 g/mol. The van der Waals surface area contributed by atoms with Gasteiger partial charge in [0.15, 0.2) is 0 Å². The van der Waals surface area contributed by atoms with E-state index in [1.54, 1.807) is 14.0 Å². The molecule has 1 unspecified atom stereocenters. The number of aromatic hydroxyl groups is 1. The fourth-order valence-electron chi connectivity index (χ4n) is 1.44. The lowest BCUT2D eigenvalue weighted by atomic mass is 10.1. The minimum Gasteiger partial charge on any atom is -0.508 e. The highest BCUT2D eigenvalue weighted by molar-refractivity contribution is 5.69. The van der Waals surface area contributed by atoms with Gasteiger partial charge in [-0.2, -0.15) is 0 Å². The van der Waals surface area contributed by atoms with Crippen LogP contribution in [0.15, 0.2) is 18.2 Å². The maximum absolute atomic E-state index is 13.5. The zero-order valence-corrected chi connectivity index (χ0v) is 9.14. The first kappa shape index (κ1) is 12.4. The molecule has 2 N–H and O–H groups in total. The summed E-state index contributed by atoms with van der Waals surface area (Å²) < 4.78 is 13.5. The van der Waals surface area contributed by atoms with Crippen LogP contribution in [0, 0.1) is 5.82 Å². The van der Waals surface area contributed by atoms with Gasteiger partial charge in [0, 0.05) is 17.7 Å². The number of carboxylic acids is 1. The van der Waals surface area contributed by atoms with Gasteiger partial charge in [-0.15, -0.1) is 0 Å². The van der Waals surface area contributed by atoms with Crippen molar-refractivity contribution in [3.05, 3.63) is 29.6 Å². The second kappa shape index (κ2) is 4.94. The first-order valence-electron chi connectivity index (χ1n) is 4.82. The summed E-state index contributed by atoms with van der Waals surface area (Å²) in [6.45, 7) is 1.54. The molecule has 0 radical (unpaired) electrons. The number of nitrogens with zero attached hydrogens (tertiary/aromatic N) is 1. The number of halogens is 1. The van der Waals surface area contributed by atoms with Crippen LogP contribution in [-0.4, -0.2) is 34.7 Å². The summed E-state index contributed by atoms with van der Waals surface area (Å²) in [6, 6.07) is 3.48. The van der Waals surface area contributed by atoms with Gasteiger partial charge in [-0.1, -0.05) is 6.07 Å². The number of hydrogen-bond donors (Lipinski definition) is 2. The van der Waals surface area contributed by atoms with Crippen molar-refractivity contribution in [3.8, 4) is 5.75 Å². The van der Waals surface area contributed by atoms with E-state index < -0.39 is 11.8 Å². The third-order valence-electron chi connectivity index (χ3n) is 2.48. The third-order valence-corrected chi connectivity index (χ3v) is 2.48. The van der Waals surface area contributed by atoms with Gasteiger partial charge in [0.25, 0.3) is 0 Å². The van der Waals surface area contributed by atoms with E-state index in [9.17, 15) is 9.18 Å². The van der Waals surface area contributed by atoms with Gasteiger partial charge in [-0.25, -0.2) is 4.39 Å². The van der Waals surface area contributed by atoms with Crippen molar-refractivity contribution in [1.82, 2.24) is 4.90 Å². The highest BCUT2D eigenvalue weighted by Gasteiger charge is 2.17. The zero-order chi connectivity index (χ0) is 12.3. The van der Waals surface area contributed by atoms with Crippen molar-refractivity contribution in [2.24, 2.45) is 0 Å². The molecule has 1 rings (SSSR count). The molecule has 0 bridgehead atoms. The smallest absolute Gasteiger partial charge is 0.317 e. The van der Waals surface area contributed by atoms with Gasteiger partial charge in [-0.3, -0.25) is 9.69 Å². The Morgan fingerprint density at radius 1 is 1.56 bits per heavy atom. The molecule has 0 saturated carbocycles. The fraction of sp³-hybridized carbons (Fsp3) is 0.364. The largest absolute Gasteiger partial charge is 0.508 e. The number of aliphatic carboxylic acids is 1. The summed E-state index contributed by atoms with van der Waals surface area (Å²) in [5.74, 6) is -1.65. The molecule has 5 heteroatoms. The standard InChI is InChI=1S/C11H14FNO3/c1-7(13(2)6-11(15)16)9-4-3-8(14)5-10(9)12/h3-5,7,14H,6H2,1-2H3,(H,15,16). The molecule has 0 saturated heterocycles. The molecule has 16 heavy (non-hydrogen) atoms. The van der Waals surface area contributed by atoms with Crippen LogP contribution in [0.4, 0.5) is 4.39 Å². The molecule has 0 aliphatic rings. The van der Waals surface area contributed by atoms with Gasteiger partial charge >= 0.3 is 5.97 Å². The number of rotatable bonds is 4. The van der Waals surface area contributed by atoms with Crippen molar-refractivity contribution in [2.45, 2.75) is 13.0 Å². The van der Waals surface area contributed by atoms with Crippen LogP contribution >= 0.6 is 0 Å². The molecule has 0 amide bonds. The molecule has 0 aromatic heterocycles. The Morgan fingerprint density at radius 2 is 2.19 bits per heavy atom. The molecule has 0 aliphatic carbocycles. The summed E-state index contributed by atoms with van der Waals surface area (Å²) in [5, 5.41) is 17.7. The lowest BCUT2D eigenvalue weighted by Gasteiger charge is -2.23. The lowest BCUT2D eigenvalue weighted by Crippen LogP contribution is -2.28. The Kier molecular flexibility index (Phi) is 3.84. The number of carboxylic acid groups (broad SMARTS) is 1. The van der Waals surface area contributed by atoms with Crippen molar-refractivity contribution in [1.29, 1.82) is 0 Å². The maximum atomic E-state index is 13.5. The second-order valence-corrected chi connectivity index (χ2v) is 3.69. The first-order chi connectivity index (χ1) is 7.41. The number of likely N-dealkylation sites (N-methyl/N-ethyl adjacent to an activating group) is 1. The first-order valence-corrected chi connectivity index (χ1v) is 4.82. The molecule has 0 heterocycles. The van der Waals surface area contributed by atoms with Gasteiger partial charge in [0.1, 0.15) is 11.6 Å². The molecule has 4 nitrogen and oxygen atoms in total. The van der Waals surface area contributed by atoms with Gasteiger partial charge in [-0.05, 0) is 20.0 Å². The Bertz CT molecular complexity index is 395. The predicted molar refractivity (Wildman–Crippen MR) is 56.7 cm³/mol. The van der Waals surface area contributed by atoms with Crippen LogP contribution in [0.1, 0.15) is 18.5 Å². The highest BCUT2D eigenvalue weighted by atomic mass is 19.1. The van der Waals surface area contributed by atoms with Gasteiger partial charge in [0.2, 0.25) is 0 Å². The lowest BCUT2D eigenvalue weighted by molar-refractivity contribution is -0.138. The van der Waals surface area contributed by atoms with E-state index in [0.29, 0.717) is 5.56 Å². The fourth-order valence-corrected chi connectivity index (χ4v) is 1.44. The van der Waals surface area contributed by atoms with Crippen LogP contribution in [0.3, 0.4) is 0 Å². The van der Waals surface area contributed by atoms with Crippen molar-refractivity contribution in [3.63, 3.8) is 0 Å². The third kappa shape index (κ3) is 2.93. The minimum atomic E-state index is -0.964. The molecule has 1 aromatic carbocycles. The normalized spacial score (nSPS) is 12.8. The highest BCUT2D eigenvalue weighted by Crippen LogP contribution is 2.24. The summed E-state index contributed by atoms with van der Waals surface area (Å²) in [5.41, 5.74) is 0.363. The summed E-state index contributed by atoms with van der Waals surface area (Å²) in [7, 11) is 1.60. The van der Waals surface area contributed by atoms with Gasteiger partial charge < -0.3 is 10.2 Å². The molecule has 0 aliphatic heterocycles. The minimum absolute atomic E-state index is 0.144. The van der Waals surface area contributed by atoms with E-state index in [1.807, 2.05) is 0 Å². The van der Waals surface area contributed by atoms with Crippen molar-refractivity contribution < 1.29 is 19.4 Å². The molecule has 0 spiro atoms. The topological polar surface area (TPSA) is 60.8 Å². The van der Waals surface area contributed by atoms with Crippen LogP contribution in [0.5, 0.6) is 5.75 Å². The number of phenolic OH excluding ortho intramolecular Hbond substituents is 1. The summed E-state index contributed by atoms with van der Waals surface area (Å²) >= 11 is 0. The second-order valence-electron chi connectivity index (χ2n) is 3.69. The number of carbonyl (C=O) groups is 1. The number of hydrogen-bond acceptors (Lipinski definition) is 3. The summed E-state index contributed by atoms with van der Waals surface area (Å²) in [4.78, 5) is 12.0. The SMILES string of the molecule is CC(c1ccc(O)cc1F)N(C)CC(=O)O. The quantitative estimate of drug-likeness (QED) is 0.820. The molecular weight excluding hydrogens is 213 g/mol. The van der Waals surface area contributed by atoms with Crippen LogP contribution < -0.4 is 0 Å². The van der Waals surface area contributed by atoms with E-state index in [-0.39, 0.29) is 18.3 Å². The Hall–Kier alpha value is -1.62. The molecular formula is C11H14FNO3. The number of benzene rings is 1. The van der Waals surface area contributed by atoms with Crippen LogP contribution in [0.2, 0.25) is 0 Å². The van der Waals surface area contributed by atoms with Crippen LogP contribution in [-0.2, 0) is 4.79 Å². The molecule has 88 valence electrons. The predicted octanol–water partition coefficient (Wildman–Crippen LogP) is 1.61. The van der Waals surface area contributed by atoms with Gasteiger partial charge in [0.05, 0.1) is 6.54 Å². The van der Waals surface area contributed by atoms with Crippen LogP contribution in [0.25, 0.3) is 0 Å². The molecule has 1 atom stereocenters. The van der Waals surface area contributed by atoms with E-state index >= 15 is 0 Å². The van der Waals surface area contributed by atoms with E-state index in [4.69, 9.17) is 10.2 Å². The average Bonchev–Trinajstić information content (AvgIpc) is 2.15. The monoisotopic (exact) mass is 227 g/mol. The Labute approximate surface area is 92.9 Å². The van der Waals surface area contributed by atoms with E-state index in [1.165, 1.54) is 17.0 Å². The zero-order valence-electron chi connectivity index (χ0n) is 9.14.